The molecule has 21 heavy (non-hydrogen) atoms. The summed E-state index contributed by atoms with van der Waals surface area (Å²) in [7, 11) is 0. The molecule has 1 heterocycles. The molecule has 2 amide bonds. The van der Waals surface area contributed by atoms with Gasteiger partial charge >= 0.3 is 0 Å². The molecule has 2 aliphatic rings. The minimum absolute atomic E-state index is 0.0292. The van der Waals surface area contributed by atoms with E-state index in [2.05, 4.69) is 10.6 Å². The normalized spacial score (nSPS) is 24.5. The smallest absolute Gasteiger partial charge is 0.262 e. The summed E-state index contributed by atoms with van der Waals surface area (Å²) < 4.78 is 5.31. The average molecular weight is 290 g/mol. The van der Waals surface area contributed by atoms with Crippen LogP contribution in [-0.4, -0.2) is 35.7 Å². The minimum Gasteiger partial charge on any atom is -0.482 e. The Morgan fingerprint density at radius 1 is 1.29 bits per heavy atom. The van der Waals surface area contributed by atoms with Crippen molar-refractivity contribution in [2.75, 3.05) is 11.9 Å². The third-order valence-corrected chi connectivity index (χ3v) is 3.91. The lowest BCUT2D eigenvalue weighted by molar-refractivity contribution is -0.118. The largest absolute Gasteiger partial charge is 0.482 e. The van der Waals surface area contributed by atoms with Gasteiger partial charge in [-0.15, -0.1) is 0 Å². The highest BCUT2D eigenvalue weighted by atomic mass is 16.5. The number of anilines is 1. The van der Waals surface area contributed by atoms with Crippen LogP contribution in [0.1, 0.15) is 36.0 Å². The molecule has 1 aromatic carbocycles. The van der Waals surface area contributed by atoms with E-state index in [4.69, 9.17) is 4.74 Å². The van der Waals surface area contributed by atoms with Crippen LogP contribution in [0.2, 0.25) is 0 Å². The van der Waals surface area contributed by atoms with Gasteiger partial charge in [0.1, 0.15) is 5.75 Å². The molecule has 1 aliphatic carbocycles. The van der Waals surface area contributed by atoms with E-state index in [1.54, 1.807) is 18.2 Å². The Morgan fingerprint density at radius 3 is 2.81 bits per heavy atom. The Balaban J connectivity index is 1.66. The van der Waals surface area contributed by atoms with Gasteiger partial charge < -0.3 is 20.5 Å². The Morgan fingerprint density at radius 2 is 2.05 bits per heavy atom. The molecule has 1 aliphatic heterocycles. The molecular formula is C15H18N2O4. The van der Waals surface area contributed by atoms with E-state index < -0.39 is 0 Å². The summed E-state index contributed by atoms with van der Waals surface area (Å²) >= 11 is 0. The van der Waals surface area contributed by atoms with Gasteiger partial charge in [0.05, 0.1) is 11.8 Å². The van der Waals surface area contributed by atoms with Crippen molar-refractivity contribution in [2.45, 2.75) is 37.8 Å². The lowest BCUT2D eigenvalue weighted by atomic mass is 9.93. The summed E-state index contributed by atoms with van der Waals surface area (Å²) in [6, 6.07) is 5.09. The predicted octanol–water partition coefficient (Wildman–Crippen LogP) is 1.05. The Kier molecular flexibility index (Phi) is 3.79. The molecule has 3 rings (SSSR count). The number of aliphatic hydroxyl groups is 1. The van der Waals surface area contributed by atoms with Crippen LogP contribution in [0.15, 0.2) is 18.2 Å². The molecule has 6 heteroatoms. The second-order valence-corrected chi connectivity index (χ2v) is 5.53. The number of rotatable bonds is 2. The van der Waals surface area contributed by atoms with Crippen molar-refractivity contribution in [3.8, 4) is 5.75 Å². The number of carbonyl (C=O) groups excluding carboxylic acids is 2. The van der Waals surface area contributed by atoms with Gasteiger partial charge in [0.2, 0.25) is 0 Å². The zero-order valence-electron chi connectivity index (χ0n) is 11.6. The van der Waals surface area contributed by atoms with Crippen molar-refractivity contribution in [2.24, 2.45) is 0 Å². The molecule has 0 bridgehead atoms. The van der Waals surface area contributed by atoms with Crippen LogP contribution in [-0.2, 0) is 4.79 Å². The quantitative estimate of drug-likeness (QED) is 0.759. The second kappa shape index (κ2) is 5.73. The highest BCUT2D eigenvalue weighted by molar-refractivity contribution is 5.99. The summed E-state index contributed by atoms with van der Waals surface area (Å²) in [5.41, 5.74) is 1.10. The minimum atomic E-state index is -0.237. The number of ether oxygens (including phenoxy) is 1. The summed E-state index contributed by atoms with van der Waals surface area (Å²) in [6.45, 7) is -0.0292. The summed E-state index contributed by atoms with van der Waals surface area (Å²) in [5.74, 6) is 0.168. The number of hydrogen-bond donors (Lipinski definition) is 3. The zero-order chi connectivity index (χ0) is 14.8. The van der Waals surface area contributed by atoms with Crippen molar-refractivity contribution in [1.29, 1.82) is 0 Å². The number of benzene rings is 1. The number of amides is 2. The number of carbonyl (C=O) groups is 2. The molecule has 6 nitrogen and oxygen atoms in total. The molecule has 1 aromatic rings. The van der Waals surface area contributed by atoms with Crippen molar-refractivity contribution < 1.29 is 19.4 Å². The molecular weight excluding hydrogens is 272 g/mol. The maximum Gasteiger partial charge on any atom is 0.262 e. The first-order valence-electron chi connectivity index (χ1n) is 7.17. The molecule has 1 fully saturated rings. The number of fused-ring (bicyclic) bond motifs is 1. The fourth-order valence-corrected chi connectivity index (χ4v) is 2.70. The van der Waals surface area contributed by atoms with Crippen LogP contribution in [0.3, 0.4) is 0 Å². The zero-order valence-corrected chi connectivity index (χ0v) is 11.6. The van der Waals surface area contributed by atoms with Crippen LogP contribution in [0, 0.1) is 0 Å². The molecule has 0 saturated heterocycles. The Bertz CT molecular complexity index is 565. The van der Waals surface area contributed by atoms with Crippen LogP contribution in [0.4, 0.5) is 5.69 Å². The lowest BCUT2D eigenvalue weighted by Crippen LogP contribution is -2.38. The molecule has 0 atom stereocenters. The van der Waals surface area contributed by atoms with E-state index in [0.29, 0.717) is 17.0 Å². The maximum absolute atomic E-state index is 12.2. The van der Waals surface area contributed by atoms with E-state index in [9.17, 15) is 14.7 Å². The van der Waals surface area contributed by atoms with Crippen LogP contribution >= 0.6 is 0 Å². The van der Waals surface area contributed by atoms with Crippen molar-refractivity contribution in [1.82, 2.24) is 5.32 Å². The van der Waals surface area contributed by atoms with Crippen LogP contribution < -0.4 is 15.4 Å². The van der Waals surface area contributed by atoms with Crippen LogP contribution in [0.25, 0.3) is 0 Å². The number of nitrogens with one attached hydrogen (secondary N) is 2. The van der Waals surface area contributed by atoms with Crippen molar-refractivity contribution >= 4 is 17.5 Å². The van der Waals surface area contributed by atoms with E-state index in [1.807, 2.05) is 0 Å². The molecule has 0 unspecified atom stereocenters. The molecule has 0 aromatic heterocycles. The topological polar surface area (TPSA) is 87.7 Å². The van der Waals surface area contributed by atoms with Gasteiger partial charge in [-0.3, -0.25) is 9.59 Å². The SMILES string of the molecule is O=C1COc2cc(C(=O)NC3CCC(O)CC3)ccc2N1. The molecule has 0 radical (unpaired) electrons. The van der Waals surface area contributed by atoms with Gasteiger partial charge in [0.15, 0.2) is 6.61 Å². The monoisotopic (exact) mass is 290 g/mol. The fraction of sp³-hybridized carbons (Fsp3) is 0.467. The predicted molar refractivity (Wildman–Crippen MR) is 76.3 cm³/mol. The third kappa shape index (κ3) is 3.16. The lowest BCUT2D eigenvalue weighted by Gasteiger charge is -2.26. The van der Waals surface area contributed by atoms with E-state index in [-0.39, 0.29) is 30.6 Å². The van der Waals surface area contributed by atoms with Crippen LogP contribution in [0.5, 0.6) is 5.75 Å². The van der Waals surface area contributed by atoms with E-state index in [0.717, 1.165) is 25.7 Å². The van der Waals surface area contributed by atoms with Crippen molar-refractivity contribution in [3.63, 3.8) is 0 Å². The first-order chi connectivity index (χ1) is 10.1. The number of aliphatic hydroxyl groups excluding tert-OH is 1. The average Bonchev–Trinajstić information content (AvgIpc) is 2.49. The molecule has 0 spiro atoms. The summed E-state index contributed by atoms with van der Waals surface area (Å²) in [5, 5.41) is 15.1. The van der Waals surface area contributed by atoms with Gasteiger partial charge in [-0.1, -0.05) is 0 Å². The molecule has 3 N–H and O–H groups in total. The van der Waals surface area contributed by atoms with E-state index in [1.165, 1.54) is 0 Å². The number of hydrogen-bond acceptors (Lipinski definition) is 4. The maximum atomic E-state index is 12.2. The van der Waals surface area contributed by atoms with Gasteiger partial charge in [0, 0.05) is 11.6 Å². The highest BCUT2D eigenvalue weighted by Gasteiger charge is 2.22. The van der Waals surface area contributed by atoms with Gasteiger partial charge in [0.25, 0.3) is 11.8 Å². The van der Waals surface area contributed by atoms with Gasteiger partial charge in [-0.25, -0.2) is 0 Å². The standard InChI is InChI=1S/C15H18N2O4/c18-11-4-2-10(3-5-11)16-15(20)9-1-6-12-13(7-9)21-8-14(19)17-12/h1,6-7,10-11,18H,2-5,8H2,(H,16,20)(H,17,19). The van der Waals surface area contributed by atoms with E-state index >= 15 is 0 Å². The van der Waals surface area contributed by atoms with Crippen molar-refractivity contribution in [3.05, 3.63) is 23.8 Å². The second-order valence-electron chi connectivity index (χ2n) is 5.53. The van der Waals surface area contributed by atoms with Gasteiger partial charge in [-0.2, -0.15) is 0 Å². The molecule has 112 valence electrons. The highest BCUT2D eigenvalue weighted by Crippen LogP contribution is 2.28. The fourth-order valence-electron chi connectivity index (χ4n) is 2.70. The van der Waals surface area contributed by atoms with Gasteiger partial charge in [-0.05, 0) is 43.9 Å². The first-order valence-corrected chi connectivity index (χ1v) is 7.17. The Labute approximate surface area is 122 Å². The first kappa shape index (κ1) is 13.9. The Hall–Kier alpha value is -2.08. The third-order valence-electron chi connectivity index (χ3n) is 3.91. The molecule has 1 saturated carbocycles. The summed E-state index contributed by atoms with van der Waals surface area (Å²) in [4.78, 5) is 23.4. The summed E-state index contributed by atoms with van der Waals surface area (Å²) in [6.07, 6.45) is 2.81.